The Morgan fingerprint density at radius 3 is 2.34 bits per heavy atom. The molecule has 2 amide bonds. The van der Waals surface area contributed by atoms with Crippen molar-refractivity contribution in [3.8, 4) is 11.1 Å². The zero-order valence-electron chi connectivity index (χ0n) is 19.7. The predicted molar refractivity (Wildman–Crippen MR) is 130 cm³/mol. The van der Waals surface area contributed by atoms with Crippen molar-refractivity contribution in [3.05, 3.63) is 59.7 Å². The molecule has 0 spiro atoms. The van der Waals surface area contributed by atoms with E-state index in [1.54, 1.807) is 4.90 Å². The molecule has 3 aliphatic rings. The minimum atomic E-state index is -1.15. The third-order valence-electron chi connectivity index (χ3n) is 7.46. The number of amides is 2. The molecule has 2 atom stereocenters. The van der Waals surface area contributed by atoms with E-state index >= 15 is 0 Å². The van der Waals surface area contributed by atoms with E-state index in [9.17, 15) is 19.5 Å². The van der Waals surface area contributed by atoms with Crippen LogP contribution in [0.4, 0.5) is 4.79 Å². The van der Waals surface area contributed by atoms with Crippen molar-refractivity contribution in [2.24, 2.45) is 0 Å². The molecule has 2 aromatic carbocycles. The van der Waals surface area contributed by atoms with E-state index in [1.165, 1.54) is 6.42 Å². The van der Waals surface area contributed by atoms with Crippen molar-refractivity contribution in [2.75, 3.05) is 32.8 Å². The van der Waals surface area contributed by atoms with Gasteiger partial charge < -0.3 is 20.1 Å². The highest BCUT2D eigenvalue weighted by Crippen LogP contribution is 2.44. The van der Waals surface area contributed by atoms with Crippen LogP contribution in [0.15, 0.2) is 48.5 Å². The van der Waals surface area contributed by atoms with Crippen molar-refractivity contribution in [3.63, 3.8) is 0 Å². The number of carbonyl (C=O) groups excluding carboxylic acids is 2. The van der Waals surface area contributed by atoms with Gasteiger partial charge in [-0.15, -0.1) is 0 Å². The molecule has 2 saturated heterocycles. The highest BCUT2D eigenvalue weighted by atomic mass is 16.5. The number of piperazine rings is 1. The smallest absolute Gasteiger partial charge is 0.407 e. The lowest BCUT2D eigenvalue weighted by atomic mass is 9.98. The molecular weight excluding hydrogens is 446 g/mol. The van der Waals surface area contributed by atoms with E-state index in [1.807, 2.05) is 36.4 Å². The standard InChI is InChI=1S/C27H31N3O5/c31-25(32)15-24(26(33)30-14-13-29-12-6-5-7-18(29)16-30)28-27(34)35-17-23-21-10-3-1-8-19(21)20-9-2-4-11-22(20)23/h1-4,8-11,18,23-24H,5-7,12-17H2,(H,28,34)(H,31,32). The van der Waals surface area contributed by atoms with Gasteiger partial charge in [0.2, 0.25) is 5.91 Å². The highest BCUT2D eigenvalue weighted by Gasteiger charge is 2.36. The largest absolute Gasteiger partial charge is 0.481 e. The van der Waals surface area contributed by atoms with Gasteiger partial charge in [-0.05, 0) is 41.6 Å². The lowest BCUT2D eigenvalue weighted by molar-refractivity contribution is -0.144. The SMILES string of the molecule is O=C(O)CC(NC(=O)OCC1c2ccccc2-c2ccccc21)C(=O)N1CCN2CCCCC2C1. The van der Waals surface area contributed by atoms with E-state index in [2.05, 4.69) is 22.3 Å². The molecule has 0 aromatic heterocycles. The molecule has 2 aromatic rings. The maximum Gasteiger partial charge on any atom is 0.407 e. The summed E-state index contributed by atoms with van der Waals surface area (Å²) in [6.07, 6.45) is 2.10. The van der Waals surface area contributed by atoms with Gasteiger partial charge >= 0.3 is 12.1 Å². The molecule has 35 heavy (non-hydrogen) atoms. The number of piperidine rings is 1. The maximum atomic E-state index is 13.2. The number of hydrogen-bond donors (Lipinski definition) is 2. The number of carboxylic acid groups (broad SMARTS) is 1. The summed E-state index contributed by atoms with van der Waals surface area (Å²) in [5, 5.41) is 11.9. The summed E-state index contributed by atoms with van der Waals surface area (Å²) in [6, 6.07) is 15.2. The van der Waals surface area contributed by atoms with Gasteiger partial charge in [-0.25, -0.2) is 4.79 Å². The van der Waals surface area contributed by atoms with E-state index < -0.39 is 24.5 Å². The predicted octanol–water partition coefficient (Wildman–Crippen LogP) is 3.07. The maximum absolute atomic E-state index is 13.2. The molecule has 0 saturated carbocycles. The number of nitrogens with one attached hydrogen (secondary N) is 1. The van der Waals surface area contributed by atoms with Gasteiger partial charge in [-0.1, -0.05) is 55.0 Å². The molecule has 5 rings (SSSR count). The minimum absolute atomic E-state index is 0.106. The second-order valence-electron chi connectivity index (χ2n) is 9.59. The number of aliphatic carboxylic acids is 1. The number of fused-ring (bicyclic) bond motifs is 4. The molecular formula is C27H31N3O5. The Labute approximate surface area is 204 Å². The quantitative estimate of drug-likeness (QED) is 0.664. The fourth-order valence-electron chi connectivity index (χ4n) is 5.73. The number of ether oxygens (including phenoxy) is 1. The molecule has 184 valence electrons. The summed E-state index contributed by atoms with van der Waals surface area (Å²) < 4.78 is 5.55. The van der Waals surface area contributed by atoms with Crippen molar-refractivity contribution < 1.29 is 24.2 Å². The Morgan fingerprint density at radius 2 is 1.66 bits per heavy atom. The molecule has 0 radical (unpaired) electrons. The lowest BCUT2D eigenvalue weighted by Crippen LogP contribution is -2.59. The fraction of sp³-hybridized carbons (Fsp3) is 0.444. The molecule has 8 nitrogen and oxygen atoms in total. The molecule has 2 unspecified atom stereocenters. The van der Waals surface area contributed by atoms with Gasteiger partial charge in [-0.3, -0.25) is 14.5 Å². The molecule has 0 bridgehead atoms. The van der Waals surface area contributed by atoms with Crippen LogP contribution >= 0.6 is 0 Å². The number of rotatable bonds is 6. The van der Waals surface area contributed by atoms with Gasteiger partial charge in [0.25, 0.3) is 0 Å². The average Bonchev–Trinajstić information content (AvgIpc) is 3.20. The summed E-state index contributed by atoms with van der Waals surface area (Å²) >= 11 is 0. The number of carboxylic acids is 1. The Hall–Kier alpha value is -3.39. The number of carbonyl (C=O) groups is 3. The molecule has 2 heterocycles. The van der Waals surface area contributed by atoms with Crippen LogP contribution < -0.4 is 5.32 Å². The number of hydrogen-bond acceptors (Lipinski definition) is 5. The molecule has 2 aliphatic heterocycles. The van der Waals surface area contributed by atoms with Crippen molar-refractivity contribution in [1.29, 1.82) is 0 Å². The van der Waals surface area contributed by atoms with Crippen molar-refractivity contribution >= 4 is 18.0 Å². The van der Waals surface area contributed by atoms with E-state index in [0.29, 0.717) is 19.1 Å². The Bertz CT molecular complexity index is 1070. The zero-order chi connectivity index (χ0) is 24.4. The summed E-state index contributed by atoms with van der Waals surface area (Å²) in [7, 11) is 0. The monoisotopic (exact) mass is 477 g/mol. The van der Waals surface area contributed by atoms with Crippen LogP contribution in [-0.4, -0.2) is 77.7 Å². The zero-order valence-corrected chi connectivity index (χ0v) is 19.7. The number of benzene rings is 2. The van der Waals surface area contributed by atoms with Crippen LogP contribution in [0.25, 0.3) is 11.1 Å². The first-order valence-corrected chi connectivity index (χ1v) is 12.4. The van der Waals surface area contributed by atoms with E-state index in [0.717, 1.165) is 48.2 Å². The van der Waals surface area contributed by atoms with E-state index in [-0.39, 0.29) is 18.4 Å². The summed E-state index contributed by atoms with van der Waals surface area (Å²) in [5.74, 6) is -1.61. The van der Waals surface area contributed by atoms with E-state index in [4.69, 9.17) is 4.74 Å². The molecule has 1 aliphatic carbocycles. The van der Waals surface area contributed by atoms with Crippen molar-refractivity contribution in [1.82, 2.24) is 15.1 Å². The first-order chi connectivity index (χ1) is 17.0. The van der Waals surface area contributed by atoms with Gasteiger partial charge in [-0.2, -0.15) is 0 Å². The third-order valence-corrected chi connectivity index (χ3v) is 7.46. The topological polar surface area (TPSA) is 99.2 Å². The van der Waals surface area contributed by atoms with Crippen LogP contribution in [0.3, 0.4) is 0 Å². The average molecular weight is 478 g/mol. The second-order valence-corrected chi connectivity index (χ2v) is 9.59. The Balaban J connectivity index is 1.23. The minimum Gasteiger partial charge on any atom is -0.481 e. The molecule has 2 fully saturated rings. The second kappa shape index (κ2) is 10.1. The Kier molecular flexibility index (Phi) is 6.72. The van der Waals surface area contributed by atoms with Crippen LogP contribution in [0, 0.1) is 0 Å². The van der Waals surface area contributed by atoms with Crippen molar-refractivity contribution in [2.45, 2.75) is 43.7 Å². The normalized spacial score (nSPS) is 20.3. The molecule has 8 heteroatoms. The lowest BCUT2D eigenvalue weighted by Gasteiger charge is -2.44. The first-order valence-electron chi connectivity index (χ1n) is 12.4. The first kappa shape index (κ1) is 23.4. The van der Waals surface area contributed by atoms with Crippen LogP contribution in [0.5, 0.6) is 0 Å². The summed E-state index contributed by atoms with van der Waals surface area (Å²) in [5.41, 5.74) is 4.42. The fourth-order valence-corrected chi connectivity index (χ4v) is 5.73. The van der Waals surface area contributed by atoms with Crippen LogP contribution in [-0.2, 0) is 14.3 Å². The molecule has 2 N–H and O–H groups in total. The summed E-state index contributed by atoms with van der Waals surface area (Å²) in [6.45, 7) is 3.04. The van der Waals surface area contributed by atoms with Crippen LogP contribution in [0.2, 0.25) is 0 Å². The van der Waals surface area contributed by atoms with Crippen LogP contribution in [0.1, 0.15) is 42.7 Å². The third kappa shape index (κ3) is 4.89. The van der Waals surface area contributed by atoms with Gasteiger partial charge in [0.1, 0.15) is 12.6 Å². The summed E-state index contributed by atoms with van der Waals surface area (Å²) in [4.78, 5) is 41.5. The van der Waals surface area contributed by atoms with Gasteiger partial charge in [0, 0.05) is 31.6 Å². The highest BCUT2D eigenvalue weighted by molar-refractivity contribution is 5.89. The number of nitrogens with zero attached hydrogens (tertiary/aromatic N) is 2. The number of alkyl carbamates (subject to hydrolysis) is 1. The van der Waals surface area contributed by atoms with Gasteiger partial charge in [0.05, 0.1) is 6.42 Å². The Morgan fingerprint density at radius 1 is 0.971 bits per heavy atom. The van der Waals surface area contributed by atoms with Gasteiger partial charge in [0.15, 0.2) is 0 Å².